The molecule has 0 saturated carbocycles. The van der Waals surface area contributed by atoms with E-state index in [1.54, 1.807) is 0 Å². The molecule has 0 nitrogen and oxygen atoms in total. The standard InChI is InChI=1S/C12H22SSi/c1-5-9-14(10-6-2,11-7-3)12(13)8-4/h5-7,12-13H,1-3,8-11H2,4H3. The lowest BCUT2D eigenvalue weighted by Gasteiger charge is -2.34. The minimum absolute atomic E-state index is 0.525. The lowest BCUT2D eigenvalue weighted by Crippen LogP contribution is -2.43. The fourth-order valence-electron chi connectivity index (χ4n) is 1.95. The number of hydrogen-bond donors (Lipinski definition) is 1. The van der Waals surface area contributed by atoms with Crippen molar-refractivity contribution in [3.05, 3.63) is 38.0 Å². The third-order valence-corrected chi connectivity index (χ3v) is 9.88. The van der Waals surface area contributed by atoms with Gasteiger partial charge < -0.3 is 0 Å². The SMILES string of the molecule is C=CC[Si](CC=C)(CC=C)C(S)CC. The van der Waals surface area contributed by atoms with Crippen molar-refractivity contribution in [2.24, 2.45) is 0 Å². The summed E-state index contributed by atoms with van der Waals surface area (Å²) in [7, 11) is -1.39. The van der Waals surface area contributed by atoms with Crippen molar-refractivity contribution in [1.82, 2.24) is 0 Å². The van der Waals surface area contributed by atoms with E-state index >= 15 is 0 Å². The molecular weight excluding hydrogens is 204 g/mol. The molecule has 0 aromatic carbocycles. The van der Waals surface area contributed by atoms with Crippen molar-refractivity contribution in [1.29, 1.82) is 0 Å². The summed E-state index contributed by atoms with van der Waals surface area (Å²) in [6, 6.07) is 3.35. The summed E-state index contributed by atoms with van der Waals surface area (Å²) < 4.78 is 0. The maximum absolute atomic E-state index is 4.73. The highest BCUT2D eigenvalue weighted by Gasteiger charge is 2.34. The first-order valence-electron chi connectivity index (χ1n) is 5.17. The third-order valence-electron chi connectivity index (χ3n) is 2.75. The van der Waals surface area contributed by atoms with Crippen LogP contribution < -0.4 is 0 Å². The Balaban J connectivity index is 4.78. The maximum atomic E-state index is 4.73. The van der Waals surface area contributed by atoms with Gasteiger partial charge in [-0.3, -0.25) is 0 Å². The first kappa shape index (κ1) is 13.8. The van der Waals surface area contributed by atoms with Gasteiger partial charge in [-0.05, 0) is 29.4 Å². The largest absolute Gasteiger partial charge is 0.179 e. The summed E-state index contributed by atoms with van der Waals surface area (Å²) in [5.74, 6) is 0. The second kappa shape index (κ2) is 7.13. The second-order valence-corrected chi connectivity index (χ2v) is 9.52. The Bertz CT molecular complexity index is 172. The van der Waals surface area contributed by atoms with Gasteiger partial charge in [0.05, 0.1) is 8.07 Å². The van der Waals surface area contributed by atoms with Crippen molar-refractivity contribution in [3.63, 3.8) is 0 Å². The summed E-state index contributed by atoms with van der Waals surface area (Å²) in [4.78, 5) is 0.525. The van der Waals surface area contributed by atoms with Crippen LogP contribution in [0, 0.1) is 0 Å². The Hall–Kier alpha value is -0.213. The van der Waals surface area contributed by atoms with Crippen molar-refractivity contribution in [2.75, 3.05) is 0 Å². The van der Waals surface area contributed by atoms with Crippen LogP contribution in [0.3, 0.4) is 0 Å². The van der Waals surface area contributed by atoms with Gasteiger partial charge in [-0.15, -0.1) is 19.7 Å². The molecule has 0 spiro atoms. The summed E-state index contributed by atoms with van der Waals surface area (Å²) in [6.07, 6.45) is 7.25. The summed E-state index contributed by atoms with van der Waals surface area (Å²) in [6.45, 7) is 13.8. The monoisotopic (exact) mass is 226 g/mol. The van der Waals surface area contributed by atoms with Gasteiger partial charge >= 0.3 is 0 Å². The van der Waals surface area contributed by atoms with Crippen LogP contribution in [0.4, 0.5) is 0 Å². The highest BCUT2D eigenvalue weighted by molar-refractivity contribution is 7.83. The lowest BCUT2D eigenvalue weighted by molar-refractivity contribution is 0.991. The summed E-state index contributed by atoms with van der Waals surface area (Å²) in [5.41, 5.74) is 0. The Kier molecular flexibility index (Phi) is 7.02. The highest BCUT2D eigenvalue weighted by Crippen LogP contribution is 2.31. The predicted octanol–water partition coefficient (Wildman–Crippen LogP) is 4.24. The number of rotatable bonds is 8. The third kappa shape index (κ3) is 3.50. The average molecular weight is 226 g/mol. The molecule has 0 N–H and O–H groups in total. The van der Waals surface area contributed by atoms with E-state index in [9.17, 15) is 0 Å². The smallest absolute Gasteiger partial charge is 0.0785 e. The fourth-order valence-corrected chi connectivity index (χ4v) is 6.81. The predicted molar refractivity (Wildman–Crippen MR) is 73.8 cm³/mol. The highest BCUT2D eigenvalue weighted by atomic mass is 32.1. The topological polar surface area (TPSA) is 0 Å². The first-order chi connectivity index (χ1) is 6.66. The van der Waals surface area contributed by atoms with E-state index in [1.165, 1.54) is 0 Å². The van der Waals surface area contributed by atoms with Crippen molar-refractivity contribution < 1.29 is 0 Å². The molecule has 0 aromatic heterocycles. The van der Waals surface area contributed by atoms with Crippen LogP contribution in [0.15, 0.2) is 38.0 Å². The van der Waals surface area contributed by atoms with Crippen LogP contribution in [-0.4, -0.2) is 12.9 Å². The van der Waals surface area contributed by atoms with Gasteiger partial charge in [0.25, 0.3) is 0 Å². The molecule has 0 radical (unpaired) electrons. The maximum Gasteiger partial charge on any atom is 0.0785 e. The Morgan fingerprint density at radius 3 is 1.64 bits per heavy atom. The van der Waals surface area contributed by atoms with Crippen LogP contribution >= 0.6 is 12.6 Å². The average Bonchev–Trinajstić information content (AvgIpc) is 2.17. The van der Waals surface area contributed by atoms with E-state index in [1.807, 2.05) is 18.2 Å². The van der Waals surface area contributed by atoms with Gasteiger partial charge in [-0.1, -0.05) is 25.2 Å². The zero-order valence-corrected chi connectivity index (χ0v) is 11.1. The van der Waals surface area contributed by atoms with Gasteiger partial charge in [0.15, 0.2) is 0 Å². The van der Waals surface area contributed by atoms with Gasteiger partial charge in [-0.2, -0.15) is 12.6 Å². The van der Waals surface area contributed by atoms with Crippen molar-refractivity contribution >= 4 is 20.7 Å². The lowest BCUT2D eigenvalue weighted by atomic mass is 10.6. The molecule has 0 fully saturated rings. The molecule has 0 aliphatic carbocycles. The Morgan fingerprint density at radius 2 is 1.43 bits per heavy atom. The summed E-state index contributed by atoms with van der Waals surface area (Å²) in [5, 5.41) is 0. The van der Waals surface area contributed by atoms with E-state index in [4.69, 9.17) is 12.6 Å². The molecule has 2 heteroatoms. The normalized spacial score (nSPS) is 13.3. The molecule has 1 unspecified atom stereocenters. The van der Waals surface area contributed by atoms with E-state index in [2.05, 4.69) is 26.7 Å². The second-order valence-electron chi connectivity index (χ2n) is 3.76. The van der Waals surface area contributed by atoms with Crippen LogP contribution in [-0.2, 0) is 0 Å². The molecule has 0 amide bonds. The molecule has 14 heavy (non-hydrogen) atoms. The minimum atomic E-state index is -1.39. The van der Waals surface area contributed by atoms with Crippen LogP contribution in [0.25, 0.3) is 0 Å². The van der Waals surface area contributed by atoms with Crippen LogP contribution in [0.1, 0.15) is 13.3 Å². The molecule has 0 heterocycles. The minimum Gasteiger partial charge on any atom is -0.179 e. The van der Waals surface area contributed by atoms with E-state index in [0.29, 0.717) is 4.87 Å². The van der Waals surface area contributed by atoms with Crippen LogP contribution in [0.2, 0.25) is 18.1 Å². The van der Waals surface area contributed by atoms with Crippen molar-refractivity contribution in [3.8, 4) is 0 Å². The molecule has 0 saturated heterocycles. The van der Waals surface area contributed by atoms with Crippen molar-refractivity contribution in [2.45, 2.75) is 36.4 Å². The van der Waals surface area contributed by atoms with Gasteiger partial charge in [0.2, 0.25) is 0 Å². The fraction of sp³-hybridized carbons (Fsp3) is 0.500. The molecule has 0 rings (SSSR count). The molecule has 0 aliphatic rings. The molecule has 80 valence electrons. The summed E-state index contributed by atoms with van der Waals surface area (Å²) >= 11 is 4.73. The first-order valence-corrected chi connectivity index (χ1v) is 8.39. The Labute approximate surface area is 95.2 Å². The number of hydrogen-bond acceptors (Lipinski definition) is 1. The van der Waals surface area contributed by atoms with Crippen LogP contribution in [0.5, 0.6) is 0 Å². The van der Waals surface area contributed by atoms with E-state index in [0.717, 1.165) is 24.6 Å². The van der Waals surface area contributed by atoms with E-state index < -0.39 is 8.07 Å². The zero-order valence-electron chi connectivity index (χ0n) is 9.21. The molecule has 0 aromatic rings. The Morgan fingerprint density at radius 1 is 1.07 bits per heavy atom. The van der Waals surface area contributed by atoms with Gasteiger partial charge in [-0.25, -0.2) is 0 Å². The molecular formula is C12H22SSi. The molecule has 0 aliphatic heterocycles. The van der Waals surface area contributed by atoms with Gasteiger partial charge in [0, 0.05) is 0 Å². The number of thiol groups is 1. The number of allylic oxidation sites excluding steroid dienone is 3. The molecule has 1 atom stereocenters. The quantitative estimate of drug-likeness (QED) is 0.357. The zero-order chi connectivity index (χ0) is 11.0. The van der Waals surface area contributed by atoms with Gasteiger partial charge in [0.1, 0.15) is 0 Å². The molecule has 0 bridgehead atoms. The van der Waals surface area contributed by atoms with E-state index in [-0.39, 0.29) is 0 Å².